The fourth-order valence-corrected chi connectivity index (χ4v) is 2.68. The monoisotopic (exact) mass is 266 g/mol. The largest absolute Gasteiger partial charge is 0.271 e. The lowest BCUT2D eigenvalue weighted by molar-refractivity contribution is 0.608. The zero-order valence-electron chi connectivity index (χ0n) is 10.3. The minimum absolute atomic E-state index is 0.195. The summed E-state index contributed by atoms with van der Waals surface area (Å²) in [6.45, 7) is 3.75. The SMILES string of the molecule is CCc1nnsc1C(NN)c1ccc(F)c(C)c1. The predicted molar refractivity (Wildman–Crippen MR) is 69.6 cm³/mol. The molecule has 1 unspecified atom stereocenters. The molecule has 3 N–H and O–H groups in total. The molecule has 0 saturated carbocycles. The number of benzene rings is 1. The number of hydrogen-bond donors (Lipinski definition) is 2. The zero-order valence-corrected chi connectivity index (χ0v) is 11.1. The molecular formula is C12H15FN4S. The van der Waals surface area contributed by atoms with Crippen molar-refractivity contribution in [2.24, 2.45) is 5.84 Å². The molecule has 0 fully saturated rings. The summed E-state index contributed by atoms with van der Waals surface area (Å²) in [4.78, 5) is 0.978. The maximum atomic E-state index is 13.3. The Balaban J connectivity index is 2.42. The van der Waals surface area contributed by atoms with E-state index in [1.807, 2.05) is 6.92 Å². The van der Waals surface area contributed by atoms with Crippen molar-refractivity contribution in [2.45, 2.75) is 26.3 Å². The number of nitrogens with zero attached hydrogens (tertiary/aromatic N) is 2. The maximum Gasteiger partial charge on any atom is 0.126 e. The minimum Gasteiger partial charge on any atom is -0.271 e. The van der Waals surface area contributed by atoms with E-state index in [0.29, 0.717) is 5.56 Å². The zero-order chi connectivity index (χ0) is 13.1. The molecule has 1 aromatic carbocycles. The van der Waals surface area contributed by atoms with E-state index in [1.165, 1.54) is 17.6 Å². The van der Waals surface area contributed by atoms with Gasteiger partial charge >= 0.3 is 0 Å². The normalized spacial score (nSPS) is 12.7. The van der Waals surface area contributed by atoms with Gasteiger partial charge in [-0.1, -0.05) is 23.5 Å². The molecule has 0 amide bonds. The fraction of sp³-hybridized carbons (Fsp3) is 0.333. The summed E-state index contributed by atoms with van der Waals surface area (Å²) in [5, 5.41) is 4.07. The third kappa shape index (κ3) is 2.40. The van der Waals surface area contributed by atoms with Gasteiger partial charge in [-0.25, -0.2) is 9.82 Å². The van der Waals surface area contributed by atoms with E-state index < -0.39 is 0 Å². The number of rotatable bonds is 4. The maximum absolute atomic E-state index is 13.3. The number of hydrazine groups is 1. The Morgan fingerprint density at radius 3 is 2.89 bits per heavy atom. The molecular weight excluding hydrogens is 251 g/mol. The van der Waals surface area contributed by atoms with E-state index in [0.717, 1.165) is 22.6 Å². The Hall–Kier alpha value is -1.37. The number of hydrogen-bond acceptors (Lipinski definition) is 5. The number of aromatic nitrogens is 2. The van der Waals surface area contributed by atoms with Gasteiger partial charge in [0.05, 0.1) is 16.6 Å². The van der Waals surface area contributed by atoms with Gasteiger partial charge in [0.2, 0.25) is 0 Å². The average Bonchev–Trinajstić information content (AvgIpc) is 2.83. The molecule has 2 rings (SSSR count). The number of nitrogens with one attached hydrogen (secondary N) is 1. The van der Waals surface area contributed by atoms with Crippen LogP contribution in [0.3, 0.4) is 0 Å². The molecule has 0 saturated heterocycles. The highest BCUT2D eigenvalue weighted by Gasteiger charge is 2.19. The van der Waals surface area contributed by atoms with Crippen LogP contribution in [0.1, 0.15) is 34.7 Å². The molecule has 1 heterocycles. The first-order valence-corrected chi connectivity index (χ1v) is 6.48. The lowest BCUT2D eigenvalue weighted by atomic mass is 10.0. The minimum atomic E-state index is -0.215. The van der Waals surface area contributed by atoms with Gasteiger partial charge in [-0.2, -0.15) is 0 Å². The summed E-state index contributed by atoms with van der Waals surface area (Å²) in [6, 6.07) is 4.78. The molecule has 1 atom stereocenters. The number of aryl methyl sites for hydroxylation is 2. The van der Waals surface area contributed by atoms with Crippen LogP contribution in [0.25, 0.3) is 0 Å². The lowest BCUT2D eigenvalue weighted by Crippen LogP contribution is -2.29. The van der Waals surface area contributed by atoms with Crippen LogP contribution < -0.4 is 11.3 Å². The van der Waals surface area contributed by atoms with Gasteiger partial charge in [0.1, 0.15) is 5.82 Å². The Morgan fingerprint density at radius 2 is 2.28 bits per heavy atom. The van der Waals surface area contributed by atoms with Crippen molar-refractivity contribution in [3.63, 3.8) is 0 Å². The second-order valence-electron chi connectivity index (χ2n) is 4.05. The number of nitrogens with two attached hydrogens (primary N) is 1. The van der Waals surface area contributed by atoms with Crippen molar-refractivity contribution in [1.29, 1.82) is 0 Å². The molecule has 96 valence electrons. The van der Waals surface area contributed by atoms with Gasteiger partial charge in [-0.05, 0) is 42.1 Å². The molecule has 0 radical (unpaired) electrons. The van der Waals surface area contributed by atoms with E-state index in [1.54, 1.807) is 19.1 Å². The quantitative estimate of drug-likeness (QED) is 0.657. The van der Waals surface area contributed by atoms with Gasteiger partial charge in [0.25, 0.3) is 0 Å². The summed E-state index contributed by atoms with van der Waals surface area (Å²) in [6.07, 6.45) is 0.796. The Bertz CT molecular complexity index is 541. The summed E-state index contributed by atoms with van der Waals surface area (Å²) >= 11 is 1.31. The highest BCUT2D eigenvalue weighted by atomic mass is 32.1. The van der Waals surface area contributed by atoms with Gasteiger partial charge in [0, 0.05) is 0 Å². The van der Waals surface area contributed by atoms with Crippen LogP contribution in [0.15, 0.2) is 18.2 Å². The van der Waals surface area contributed by atoms with Crippen molar-refractivity contribution in [3.05, 3.63) is 45.7 Å². The second-order valence-corrected chi connectivity index (χ2v) is 4.83. The van der Waals surface area contributed by atoms with Crippen LogP contribution in [-0.4, -0.2) is 9.59 Å². The summed E-state index contributed by atoms with van der Waals surface area (Å²) in [5.41, 5.74) is 5.19. The fourth-order valence-electron chi connectivity index (χ4n) is 1.85. The standard InChI is InChI=1S/C12H15FN4S/c1-3-10-12(18-17-16-10)11(15-14)8-4-5-9(13)7(2)6-8/h4-6,11,15H,3,14H2,1-2H3. The number of halogens is 1. The van der Waals surface area contributed by atoms with Crippen molar-refractivity contribution in [3.8, 4) is 0 Å². The Morgan fingerprint density at radius 1 is 1.50 bits per heavy atom. The third-order valence-electron chi connectivity index (χ3n) is 2.86. The topological polar surface area (TPSA) is 63.8 Å². The van der Waals surface area contributed by atoms with Gasteiger partial charge in [0.15, 0.2) is 0 Å². The summed E-state index contributed by atoms with van der Waals surface area (Å²) in [5.74, 6) is 5.40. The Labute approximate surface area is 109 Å². The van der Waals surface area contributed by atoms with Crippen molar-refractivity contribution in [2.75, 3.05) is 0 Å². The highest BCUT2D eigenvalue weighted by Crippen LogP contribution is 2.27. The summed E-state index contributed by atoms with van der Waals surface area (Å²) in [7, 11) is 0. The van der Waals surface area contributed by atoms with Crippen LogP contribution >= 0.6 is 11.5 Å². The molecule has 0 bridgehead atoms. The van der Waals surface area contributed by atoms with Crippen LogP contribution in [-0.2, 0) is 6.42 Å². The average molecular weight is 266 g/mol. The highest BCUT2D eigenvalue weighted by molar-refractivity contribution is 7.05. The summed E-state index contributed by atoms with van der Waals surface area (Å²) < 4.78 is 17.2. The first kappa shape index (κ1) is 13.1. The smallest absolute Gasteiger partial charge is 0.126 e. The van der Waals surface area contributed by atoms with Crippen LogP contribution in [0, 0.1) is 12.7 Å². The van der Waals surface area contributed by atoms with Crippen LogP contribution in [0.4, 0.5) is 4.39 Å². The Kier molecular flexibility index (Phi) is 4.00. The molecule has 6 heteroatoms. The van der Waals surface area contributed by atoms with Gasteiger partial charge < -0.3 is 0 Å². The van der Waals surface area contributed by atoms with E-state index in [9.17, 15) is 4.39 Å². The molecule has 0 aliphatic carbocycles. The van der Waals surface area contributed by atoms with E-state index >= 15 is 0 Å². The van der Waals surface area contributed by atoms with Crippen molar-refractivity contribution in [1.82, 2.24) is 15.0 Å². The second kappa shape index (κ2) is 5.51. The van der Waals surface area contributed by atoms with E-state index in [2.05, 4.69) is 15.0 Å². The molecule has 0 spiro atoms. The lowest BCUT2D eigenvalue weighted by Gasteiger charge is -2.16. The van der Waals surface area contributed by atoms with Crippen LogP contribution in [0.2, 0.25) is 0 Å². The van der Waals surface area contributed by atoms with Gasteiger partial charge in [-0.3, -0.25) is 5.84 Å². The predicted octanol–water partition coefficient (Wildman–Crippen LogP) is 2.10. The molecule has 4 nitrogen and oxygen atoms in total. The molecule has 18 heavy (non-hydrogen) atoms. The first-order valence-electron chi connectivity index (χ1n) is 5.70. The molecule has 0 aliphatic heterocycles. The van der Waals surface area contributed by atoms with E-state index in [-0.39, 0.29) is 11.9 Å². The van der Waals surface area contributed by atoms with E-state index in [4.69, 9.17) is 5.84 Å². The first-order chi connectivity index (χ1) is 8.67. The molecule has 2 aromatic rings. The molecule has 1 aromatic heterocycles. The molecule has 0 aliphatic rings. The third-order valence-corrected chi connectivity index (χ3v) is 3.70. The van der Waals surface area contributed by atoms with Crippen molar-refractivity contribution < 1.29 is 4.39 Å². The van der Waals surface area contributed by atoms with Gasteiger partial charge in [-0.15, -0.1) is 5.10 Å². The van der Waals surface area contributed by atoms with Crippen LogP contribution in [0.5, 0.6) is 0 Å². The van der Waals surface area contributed by atoms with Crippen molar-refractivity contribution >= 4 is 11.5 Å².